The summed E-state index contributed by atoms with van der Waals surface area (Å²) in [6.07, 6.45) is 0. The monoisotopic (exact) mass is 523 g/mol. The molecule has 0 fully saturated rings. The summed E-state index contributed by atoms with van der Waals surface area (Å²) in [4.78, 5) is 13.6. The van der Waals surface area contributed by atoms with Crippen molar-refractivity contribution in [2.75, 3.05) is 19.1 Å². The Balaban J connectivity index is 1.92. The van der Waals surface area contributed by atoms with Crippen LogP contribution >= 0.6 is 7.05 Å². The molecule has 0 aromatic heterocycles. The van der Waals surface area contributed by atoms with E-state index < -0.39 is 12.0 Å². The van der Waals surface area contributed by atoms with Crippen molar-refractivity contribution in [2.45, 2.75) is 19.3 Å². The SMILES string of the molecule is COc1ccc([N+](=O)[O-])cc1N=P(/C=C1/N(C)c2ccccc2C1(C)C)(c1ccccc1)c1ccccc1. The number of non-ortho nitro benzene ring substituents is 1. The van der Waals surface area contributed by atoms with E-state index in [-0.39, 0.29) is 11.1 Å². The second kappa shape index (κ2) is 9.96. The number of methoxy groups -OCH3 is 1. The number of ether oxygens (including phenoxy) is 1. The molecule has 0 aliphatic carbocycles. The molecule has 0 spiro atoms. The number of likely N-dealkylation sites (N-methyl/N-ethyl adjacent to an activating group) is 1. The zero-order valence-corrected chi connectivity index (χ0v) is 22.8. The highest BCUT2D eigenvalue weighted by molar-refractivity contribution is 7.83. The Morgan fingerprint density at radius 2 is 1.47 bits per heavy atom. The summed E-state index contributed by atoms with van der Waals surface area (Å²) in [5.74, 6) is 2.81. The molecule has 0 atom stereocenters. The summed E-state index contributed by atoms with van der Waals surface area (Å²) in [7, 11) is 0.970. The van der Waals surface area contributed by atoms with Gasteiger partial charge in [0.25, 0.3) is 5.69 Å². The van der Waals surface area contributed by atoms with Crippen molar-refractivity contribution < 1.29 is 9.66 Å². The molecule has 7 heteroatoms. The van der Waals surface area contributed by atoms with E-state index in [2.05, 4.69) is 80.1 Å². The van der Waals surface area contributed by atoms with Gasteiger partial charge in [-0.15, -0.1) is 0 Å². The predicted octanol–water partition coefficient (Wildman–Crippen LogP) is 7.36. The Hall–Kier alpha value is -4.15. The van der Waals surface area contributed by atoms with Gasteiger partial charge in [0, 0.05) is 46.6 Å². The predicted molar refractivity (Wildman–Crippen MR) is 157 cm³/mol. The van der Waals surface area contributed by atoms with E-state index in [4.69, 9.17) is 9.48 Å². The zero-order chi connectivity index (χ0) is 26.9. The van der Waals surface area contributed by atoms with E-state index in [1.54, 1.807) is 13.2 Å². The smallest absolute Gasteiger partial charge is 0.271 e. The molecule has 1 heterocycles. The fourth-order valence-electron chi connectivity index (χ4n) is 5.20. The molecule has 0 saturated heterocycles. The second-order valence-electron chi connectivity index (χ2n) is 9.79. The molecule has 5 rings (SSSR count). The first-order valence-electron chi connectivity index (χ1n) is 12.4. The summed E-state index contributed by atoms with van der Waals surface area (Å²) in [5, 5.41) is 13.8. The maximum Gasteiger partial charge on any atom is 0.271 e. The van der Waals surface area contributed by atoms with E-state index in [9.17, 15) is 10.1 Å². The number of anilines is 1. The van der Waals surface area contributed by atoms with Gasteiger partial charge in [-0.2, -0.15) is 0 Å². The Labute approximate surface area is 223 Å². The summed E-state index contributed by atoms with van der Waals surface area (Å²) in [6, 6.07) is 33.5. The van der Waals surface area contributed by atoms with E-state index >= 15 is 0 Å². The normalized spacial score (nSPS) is 15.3. The van der Waals surface area contributed by atoms with Crippen LogP contribution in [0.15, 0.2) is 119 Å². The van der Waals surface area contributed by atoms with Crippen LogP contribution in [0.1, 0.15) is 19.4 Å². The third-order valence-electron chi connectivity index (χ3n) is 7.19. The molecule has 38 heavy (non-hydrogen) atoms. The van der Waals surface area contributed by atoms with Crippen LogP contribution in [0.25, 0.3) is 0 Å². The lowest BCUT2D eigenvalue weighted by atomic mass is 9.84. The Bertz CT molecular complexity index is 1540. The fourth-order valence-corrected chi connectivity index (χ4v) is 8.68. The minimum Gasteiger partial charge on any atom is -0.494 e. The van der Waals surface area contributed by atoms with Crippen LogP contribution in [0.3, 0.4) is 0 Å². The highest BCUT2D eigenvalue weighted by Gasteiger charge is 2.40. The van der Waals surface area contributed by atoms with Gasteiger partial charge in [0.1, 0.15) is 11.4 Å². The summed E-state index contributed by atoms with van der Waals surface area (Å²) in [6.45, 7) is 4.47. The maximum atomic E-state index is 11.7. The Morgan fingerprint density at radius 1 is 0.895 bits per heavy atom. The molecule has 0 amide bonds. The molecule has 0 radical (unpaired) electrons. The summed E-state index contributed by atoms with van der Waals surface area (Å²) < 4.78 is 11.1. The van der Waals surface area contributed by atoms with Gasteiger partial charge in [-0.05, 0) is 23.5 Å². The first-order valence-corrected chi connectivity index (χ1v) is 14.2. The lowest BCUT2D eigenvalue weighted by molar-refractivity contribution is -0.384. The minimum absolute atomic E-state index is 0.0258. The number of benzene rings is 4. The molecule has 0 unspecified atom stereocenters. The standard InChI is InChI=1S/C31H30N3O3P/c1-31(2)26-17-11-12-18-28(26)33(3)30(31)22-38(24-13-7-5-8-14-24,25-15-9-6-10-16-25)32-27-21-23(34(35)36)19-20-29(27)37-4/h5-22H,1-4H3/b30-22+. The van der Waals surface area contributed by atoms with E-state index in [1.165, 1.54) is 17.7 Å². The third-order valence-corrected chi connectivity index (χ3v) is 10.5. The zero-order valence-electron chi connectivity index (χ0n) is 21.9. The van der Waals surface area contributed by atoms with Crippen molar-refractivity contribution in [3.63, 3.8) is 0 Å². The number of rotatable bonds is 6. The van der Waals surface area contributed by atoms with Crippen LogP contribution in [-0.2, 0) is 5.41 Å². The molecule has 0 saturated carbocycles. The largest absolute Gasteiger partial charge is 0.494 e. The van der Waals surface area contributed by atoms with Gasteiger partial charge < -0.3 is 9.64 Å². The van der Waals surface area contributed by atoms with Crippen molar-refractivity contribution in [3.05, 3.63) is 130 Å². The van der Waals surface area contributed by atoms with E-state index in [0.29, 0.717) is 11.4 Å². The van der Waals surface area contributed by atoms with Crippen LogP contribution in [0.5, 0.6) is 5.75 Å². The first-order chi connectivity index (χ1) is 18.3. The quantitative estimate of drug-likeness (QED) is 0.150. The van der Waals surface area contributed by atoms with Gasteiger partial charge in [0.2, 0.25) is 0 Å². The van der Waals surface area contributed by atoms with Gasteiger partial charge in [-0.25, -0.2) is 0 Å². The number of nitro groups is 1. The Morgan fingerprint density at radius 3 is 2.03 bits per heavy atom. The molecule has 4 aromatic rings. The van der Waals surface area contributed by atoms with Crippen molar-refractivity contribution in [2.24, 2.45) is 4.74 Å². The van der Waals surface area contributed by atoms with Crippen LogP contribution in [-0.4, -0.2) is 19.1 Å². The number of allylic oxidation sites excluding steroid dienone is 1. The molecule has 1 aliphatic heterocycles. The van der Waals surface area contributed by atoms with E-state index in [1.807, 2.05) is 36.4 Å². The third kappa shape index (κ3) is 4.31. The Kier molecular flexibility index (Phi) is 6.68. The molecule has 4 aromatic carbocycles. The van der Waals surface area contributed by atoms with Gasteiger partial charge >= 0.3 is 0 Å². The van der Waals surface area contributed by atoms with Crippen LogP contribution in [0.2, 0.25) is 0 Å². The highest BCUT2D eigenvalue weighted by atomic mass is 31.2. The van der Waals surface area contributed by atoms with E-state index in [0.717, 1.165) is 22.0 Å². The topological polar surface area (TPSA) is 68.0 Å². The number of para-hydroxylation sites is 1. The molecule has 6 nitrogen and oxygen atoms in total. The van der Waals surface area contributed by atoms with Crippen LogP contribution in [0.4, 0.5) is 17.1 Å². The average Bonchev–Trinajstić information content (AvgIpc) is 3.13. The van der Waals surface area contributed by atoms with Gasteiger partial charge in [0.15, 0.2) is 0 Å². The number of hydrogen-bond donors (Lipinski definition) is 0. The van der Waals surface area contributed by atoms with Crippen LogP contribution < -0.4 is 20.2 Å². The van der Waals surface area contributed by atoms with Crippen molar-refractivity contribution in [1.82, 2.24) is 0 Å². The van der Waals surface area contributed by atoms with Crippen molar-refractivity contribution in [3.8, 4) is 5.75 Å². The first kappa shape index (κ1) is 25.5. The van der Waals surface area contributed by atoms with Crippen molar-refractivity contribution >= 4 is 34.7 Å². The summed E-state index contributed by atoms with van der Waals surface area (Å²) in [5.41, 5.74) is 3.70. The van der Waals surface area contributed by atoms with Gasteiger partial charge in [-0.3, -0.25) is 14.9 Å². The van der Waals surface area contributed by atoms with Gasteiger partial charge in [-0.1, -0.05) is 92.7 Å². The number of nitrogens with zero attached hydrogens (tertiary/aromatic N) is 3. The van der Waals surface area contributed by atoms with Gasteiger partial charge in [0.05, 0.1) is 19.1 Å². The molecule has 192 valence electrons. The summed E-state index contributed by atoms with van der Waals surface area (Å²) >= 11 is 0. The number of hydrogen-bond acceptors (Lipinski definition) is 5. The number of nitro benzene ring substituents is 1. The van der Waals surface area contributed by atoms with Crippen LogP contribution in [0, 0.1) is 10.1 Å². The molecule has 1 aliphatic rings. The highest BCUT2D eigenvalue weighted by Crippen LogP contribution is 2.58. The second-order valence-corrected chi connectivity index (χ2v) is 12.6. The van der Waals surface area contributed by atoms with Crippen molar-refractivity contribution in [1.29, 1.82) is 0 Å². The molecular formula is C31H30N3O3P. The fraction of sp³-hybridized carbons (Fsp3) is 0.161. The molecular weight excluding hydrogens is 493 g/mol. The molecule has 0 N–H and O–H groups in total. The average molecular weight is 524 g/mol. The lowest BCUT2D eigenvalue weighted by Crippen LogP contribution is -2.25. The minimum atomic E-state index is -2.69. The lowest BCUT2D eigenvalue weighted by Gasteiger charge is -2.30. The molecule has 0 bridgehead atoms. The number of fused-ring (bicyclic) bond motifs is 1. The maximum absolute atomic E-state index is 11.7.